The van der Waals surface area contributed by atoms with E-state index in [0.717, 1.165) is 15.6 Å². The van der Waals surface area contributed by atoms with Crippen LogP contribution in [0.15, 0.2) is 54.6 Å². The Morgan fingerprint density at radius 2 is 1.70 bits per heavy atom. The van der Waals surface area contributed by atoms with Crippen LogP contribution in [0.4, 0.5) is 18.9 Å². The molecule has 0 saturated heterocycles. The lowest BCUT2D eigenvalue weighted by atomic mass is 10.0. The summed E-state index contributed by atoms with van der Waals surface area (Å²) in [6.07, 6.45) is -6.09. The SMILES string of the molecule is Cl.NCC1Cc2ccccc2C1ON(c1ccccc1)S(=O)(=O)CCCC(F)(F)F. The average molecular weight is 465 g/mol. The molecule has 0 amide bonds. The minimum absolute atomic E-state index is 0. The number of sulfonamides is 1. The van der Waals surface area contributed by atoms with Crippen LogP contribution in [0.25, 0.3) is 0 Å². The Kier molecular flexibility index (Phi) is 8.15. The summed E-state index contributed by atoms with van der Waals surface area (Å²) in [4.78, 5) is 5.96. The fourth-order valence-electron chi connectivity index (χ4n) is 3.47. The molecule has 2 unspecified atom stereocenters. The smallest absolute Gasteiger partial charge is 0.330 e. The van der Waals surface area contributed by atoms with Gasteiger partial charge in [-0.05, 0) is 42.6 Å². The van der Waals surface area contributed by atoms with E-state index < -0.39 is 40.9 Å². The lowest BCUT2D eigenvalue weighted by Gasteiger charge is -2.29. The molecule has 2 N–H and O–H groups in total. The van der Waals surface area contributed by atoms with Gasteiger partial charge in [0.2, 0.25) is 0 Å². The molecular weight excluding hydrogens is 441 g/mol. The first-order valence-corrected chi connectivity index (χ1v) is 10.9. The van der Waals surface area contributed by atoms with Gasteiger partial charge in [0, 0.05) is 12.3 Å². The summed E-state index contributed by atoms with van der Waals surface area (Å²) in [7, 11) is -4.15. The number of anilines is 1. The second-order valence-electron chi connectivity index (χ2n) is 7.02. The van der Waals surface area contributed by atoms with Crippen molar-refractivity contribution in [2.75, 3.05) is 16.8 Å². The molecule has 2 aromatic carbocycles. The molecule has 10 heteroatoms. The van der Waals surface area contributed by atoms with Gasteiger partial charge in [0.05, 0.1) is 11.4 Å². The van der Waals surface area contributed by atoms with Crippen molar-refractivity contribution in [2.45, 2.75) is 31.5 Å². The third-order valence-corrected chi connectivity index (χ3v) is 6.47. The number of alkyl halides is 3. The van der Waals surface area contributed by atoms with Gasteiger partial charge in [-0.1, -0.05) is 42.5 Å². The summed E-state index contributed by atoms with van der Waals surface area (Å²) in [5.74, 6) is -0.813. The molecule has 3 rings (SSSR count). The molecule has 0 fully saturated rings. The number of hydrogen-bond donors (Lipinski definition) is 1. The van der Waals surface area contributed by atoms with E-state index in [1.54, 1.807) is 30.3 Å². The Morgan fingerprint density at radius 1 is 1.07 bits per heavy atom. The van der Waals surface area contributed by atoms with Crippen molar-refractivity contribution >= 4 is 28.1 Å². The van der Waals surface area contributed by atoms with E-state index in [4.69, 9.17) is 10.6 Å². The van der Waals surface area contributed by atoms with Crippen molar-refractivity contribution < 1.29 is 26.4 Å². The van der Waals surface area contributed by atoms with E-state index in [1.165, 1.54) is 0 Å². The molecule has 166 valence electrons. The van der Waals surface area contributed by atoms with E-state index in [2.05, 4.69) is 0 Å². The summed E-state index contributed by atoms with van der Waals surface area (Å²) < 4.78 is 64.1. The van der Waals surface area contributed by atoms with E-state index >= 15 is 0 Å². The van der Waals surface area contributed by atoms with Crippen LogP contribution in [-0.4, -0.2) is 26.9 Å². The van der Waals surface area contributed by atoms with Gasteiger partial charge >= 0.3 is 6.18 Å². The molecular formula is C20H24ClF3N2O3S. The quantitative estimate of drug-likeness (QED) is 0.588. The molecule has 0 aliphatic heterocycles. The minimum Gasteiger partial charge on any atom is -0.330 e. The molecule has 0 spiro atoms. The van der Waals surface area contributed by atoms with Crippen molar-refractivity contribution in [1.29, 1.82) is 0 Å². The number of nitrogens with zero attached hydrogens (tertiary/aromatic N) is 1. The van der Waals surface area contributed by atoms with Crippen LogP contribution in [0.2, 0.25) is 0 Å². The summed E-state index contributed by atoms with van der Waals surface area (Å²) >= 11 is 0. The van der Waals surface area contributed by atoms with E-state index in [0.29, 0.717) is 6.42 Å². The number of benzene rings is 2. The molecule has 2 aromatic rings. The number of halogens is 4. The topological polar surface area (TPSA) is 72.6 Å². The highest BCUT2D eigenvalue weighted by Crippen LogP contribution is 2.40. The summed E-state index contributed by atoms with van der Waals surface area (Å²) in [6.45, 7) is 0.288. The first-order chi connectivity index (χ1) is 13.7. The second kappa shape index (κ2) is 10.00. The molecule has 0 radical (unpaired) electrons. The molecule has 2 atom stereocenters. The monoisotopic (exact) mass is 464 g/mol. The van der Waals surface area contributed by atoms with Gasteiger partial charge in [0.1, 0.15) is 6.10 Å². The normalized spacial score (nSPS) is 18.5. The highest BCUT2D eigenvalue weighted by Gasteiger charge is 2.37. The Balaban J connectivity index is 0.00000320. The predicted molar refractivity (Wildman–Crippen MR) is 112 cm³/mol. The molecule has 1 aliphatic carbocycles. The first-order valence-electron chi connectivity index (χ1n) is 9.31. The maximum atomic E-state index is 12.9. The number of rotatable bonds is 8. The van der Waals surface area contributed by atoms with Crippen molar-refractivity contribution in [3.8, 4) is 0 Å². The summed E-state index contributed by atoms with van der Waals surface area (Å²) in [5.41, 5.74) is 7.98. The molecule has 30 heavy (non-hydrogen) atoms. The van der Waals surface area contributed by atoms with Gasteiger partial charge in [-0.2, -0.15) is 13.2 Å². The third kappa shape index (κ3) is 5.87. The van der Waals surface area contributed by atoms with Gasteiger partial charge in [-0.3, -0.25) is 4.84 Å². The fraction of sp³-hybridized carbons (Fsp3) is 0.400. The van der Waals surface area contributed by atoms with E-state index in [-0.39, 0.29) is 30.6 Å². The van der Waals surface area contributed by atoms with Gasteiger partial charge in [-0.15, -0.1) is 16.9 Å². The highest BCUT2D eigenvalue weighted by atomic mass is 35.5. The molecule has 5 nitrogen and oxygen atoms in total. The van der Waals surface area contributed by atoms with Crippen LogP contribution in [0.3, 0.4) is 0 Å². The average Bonchev–Trinajstić information content (AvgIpc) is 3.03. The number of nitrogens with two attached hydrogens (primary N) is 1. The second-order valence-corrected chi connectivity index (χ2v) is 8.93. The minimum atomic E-state index is -4.41. The number of fused-ring (bicyclic) bond motifs is 1. The maximum absolute atomic E-state index is 12.9. The Morgan fingerprint density at radius 3 is 2.33 bits per heavy atom. The van der Waals surface area contributed by atoms with Crippen LogP contribution in [0, 0.1) is 5.92 Å². The predicted octanol–water partition coefficient (Wildman–Crippen LogP) is 4.39. The number of para-hydroxylation sites is 1. The fourth-order valence-corrected chi connectivity index (χ4v) is 4.81. The third-order valence-electron chi connectivity index (χ3n) is 4.87. The highest BCUT2D eigenvalue weighted by molar-refractivity contribution is 7.92. The molecule has 1 aliphatic rings. The molecule has 0 heterocycles. The van der Waals surface area contributed by atoms with Crippen LogP contribution >= 0.6 is 12.4 Å². The zero-order valence-corrected chi connectivity index (χ0v) is 17.7. The lowest BCUT2D eigenvalue weighted by molar-refractivity contribution is -0.134. The zero-order chi connectivity index (χ0) is 21.1. The molecule has 0 aromatic heterocycles. The van der Waals surface area contributed by atoms with E-state index in [1.807, 2.05) is 24.3 Å². The van der Waals surface area contributed by atoms with Gasteiger partial charge in [0.25, 0.3) is 10.0 Å². The maximum Gasteiger partial charge on any atom is 0.389 e. The number of hydrogen-bond acceptors (Lipinski definition) is 4. The molecule has 0 bridgehead atoms. The van der Waals surface area contributed by atoms with Crippen molar-refractivity contribution in [1.82, 2.24) is 0 Å². The van der Waals surface area contributed by atoms with Crippen LogP contribution in [0.1, 0.15) is 30.1 Å². The van der Waals surface area contributed by atoms with Gasteiger partial charge in [0.15, 0.2) is 0 Å². The Bertz CT molecular complexity index is 926. The largest absolute Gasteiger partial charge is 0.389 e. The van der Waals surface area contributed by atoms with Gasteiger partial charge < -0.3 is 5.73 Å². The standard InChI is InChI=1S/C20H23F3N2O3S.ClH/c21-20(22,23)11-6-12-29(26,27)25(17-8-2-1-3-9-17)28-19-16(14-24)13-15-7-4-5-10-18(15)19;/h1-5,7-10,16,19H,6,11-14,24H2;1H. The van der Waals surface area contributed by atoms with Crippen LogP contribution < -0.4 is 10.2 Å². The summed E-state index contributed by atoms with van der Waals surface area (Å²) in [6, 6.07) is 15.6. The zero-order valence-electron chi connectivity index (χ0n) is 16.1. The Hall–Kier alpha value is -1.81. The van der Waals surface area contributed by atoms with Crippen molar-refractivity contribution in [3.63, 3.8) is 0 Å². The Labute approximate surface area is 180 Å². The van der Waals surface area contributed by atoms with Gasteiger partial charge in [-0.25, -0.2) is 8.42 Å². The van der Waals surface area contributed by atoms with Crippen LogP contribution in [0.5, 0.6) is 0 Å². The van der Waals surface area contributed by atoms with Crippen molar-refractivity contribution in [2.24, 2.45) is 11.7 Å². The van der Waals surface area contributed by atoms with E-state index in [9.17, 15) is 21.6 Å². The first kappa shape index (κ1) is 24.5. The van der Waals surface area contributed by atoms with Crippen molar-refractivity contribution in [3.05, 3.63) is 65.7 Å². The summed E-state index contributed by atoms with van der Waals surface area (Å²) in [5, 5.41) is 0. The molecule has 0 saturated carbocycles. The van der Waals surface area contributed by atoms with Crippen LogP contribution in [-0.2, 0) is 21.3 Å². The lowest BCUT2D eigenvalue weighted by Crippen LogP contribution is -2.37.